The van der Waals surface area contributed by atoms with Gasteiger partial charge >= 0.3 is 11.9 Å². The van der Waals surface area contributed by atoms with Gasteiger partial charge in [-0.05, 0) is 12.1 Å². The molecule has 13 heteroatoms. The van der Waals surface area contributed by atoms with Crippen molar-refractivity contribution in [3.63, 3.8) is 0 Å². The molecule has 2 aliphatic rings. The predicted molar refractivity (Wildman–Crippen MR) is 91.0 cm³/mol. The van der Waals surface area contributed by atoms with Crippen LogP contribution in [0.4, 0.5) is 0 Å². The minimum absolute atomic E-state index is 0.0199. The summed E-state index contributed by atoms with van der Waals surface area (Å²) in [6.45, 7) is -0.190. The fraction of sp³-hybridized carbons (Fsp3) is 0.375. The first kappa shape index (κ1) is 19.4. The van der Waals surface area contributed by atoms with Gasteiger partial charge < -0.3 is 19.7 Å². The van der Waals surface area contributed by atoms with Crippen molar-refractivity contribution in [1.82, 2.24) is 15.0 Å². The Labute approximate surface area is 163 Å². The summed E-state index contributed by atoms with van der Waals surface area (Å²) in [5.74, 6) is -3.06. The topological polar surface area (TPSA) is 167 Å². The molecule has 2 N–H and O–H groups in total. The van der Waals surface area contributed by atoms with Gasteiger partial charge in [-0.15, -0.1) is 5.10 Å². The van der Waals surface area contributed by atoms with Gasteiger partial charge in [0.05, 0.1) is 18.1 Å². The quantitative estimate of drug-likeness (QED) is 0.587. The molecule has 0 unspecified atom stereocenters. The maximum absolute atomic E-state index is 12.4. The summed E-state index contributed by atoms with van der Waals surface area (Å²) in [6.07, 6.45) is -2.55. The standard InChI is InChI=1S/C16H15N3O9S/c20-15(21)11-12(16(22)23)19(18-17-11)9-6-26-14-10(7-27-13(9)14)28-29(24,25)8-4-2-1-3-5-8/h1-5,9-10,13-14H,6-7H2,(H,20,21)(H,22,23)/t9-,10-,13+,14+/m0/s1. The lowest BCUT2D eigenvalue weighted by Crippen LogP contribution is -2.34. The average molecular weight is 425 g/mol. The van der Waals surface area contributed by atoms with Gasteiger partial charge in [0.15, 0.2) is 5.69 Å². The Bertz CT molecular complexity index is 1050. The smallest absolute Gasteiger partial charge is 0.359 e. The molecule has 0 saturated carbocycles. The van der Waals surface area contributed by atoms with Gasteiger partial charge in [0.25, 0.3) is 10.1 Å². The van der Waals surface area contributed by atoms with Crippen LogP contribution in [0.15, 0.2) is 35.2 Å². The summed E-state index contributed by atoms with van der Waals surface area (Å²) < 4.78 is 42.3. The number of nitrogens with zero attached hydrogens (tertiary/aromatic N) is 3. The molecule has 0 radical (unpaired) electrons. The minimum atomic E-state index is -4.06. The van der Waals surface area contributed by atoms with Crippen LogP contribution in [0.5, 0.6) is 0 Å². The maximum Gasteiger partial charge on any atom is 0.359 e. The summed E-state index contributed by atoms with van der Waals surface area (Å²) in [5, 5.41) is 25.5. The highest BCUT2D eigenvalue weighted by Gasteiger charge is 2.52. The highest BCUT2D eigenvalue weighted by Crippen LogP contribution is 2.37. The number of carboxylic acid groups (broad SMARTS) is 2. The largest absolute Gasteiger partial charge is 0.476 e. The Morgan fingerprint density at radius 1 is 1.07 bits per heavy atom. The van der Waals surface area contributed by atoms with E-state index in [1.807, 2.05) is 0 Å². The molecule has 12 nitrogen and oxygen atoms in total. The number of carboxylic acids is 2. The van der Waals surface area contributed by atoms with Crippen molar-refractivity contribution in [2.75, 3.05) is 13.2 Å². The molecule has 0 aliphatic carbocycles. The Hall–Kier alpha value is -2.87. The van der Waals surface area contributed by atoms with Gasteiger partial charge in [-0.2, -0.15) is 8.42 Å². The second-order valence-corrected chi connectivity index (χ2v) is 7.98. The van der Waals surface area contributed by atoms with Crippen LogP contribution < -0.4 is 0 Å². The molecule has 1 aromatic carbocycles. The zero-order valence-electron chi connectivity index (χ0n) is 14.6. The van der Waals surface area contributed by atoms with Gasteiger partial charge in [-0.3, -0.25) is 4.18 Å². The molecule has 154 valence electrons. The lowest BCUT2D eigenvalue weighted by molar-refractivity contribution is 0.0323. The minimum Gasteiger partial charge on any atom is -0.476 e. The molecule has 29 heavy (non-hydrogen) atoms. The zero-order chi connectivity index (χ0) is 20.8. The predicted octanol–water partition coefficient (Wildman–Crippen LogP) is -0.213. The first-order valence-electron chi connectivity index (χ1n) is 8.43. The molecular weight excluding hydrogens is 410 g/mol. The van der Waals surface area contributed by atoms with Crippen molar-refractivity contribution in [3.8, 4) is 0 Å². The SMILES string of the molecule is O=C(O)c1nnn([C@H]2CO[C@H]3[C@@H]2OC[C@@H]3OS(=O)(=O)c2ccccc2)c1C(=O)O. The summed E-state index contributed by atoms with van der Waals surface area (Å²) in [7, 11) is -4.06. The molecule has 2 saturated heterocycles. The first-order chi connectivity index (χ1) is 13.8. The van der Waals surface area contributed by atoms with Crippen molar-refractivity contribution in [2.24, 2.45) is 0 Å². The molecule has 2 fully saturated rings. The summed E-state index contributed by atoms with van der Waals surface area (Å²) in [5.41, 5.74) is -1.32. The van der Waals surface area contributed by atoms with Crippen LogP contribution in [0, 0.1) is 0 Å². The molecule has 0 amide bonds. The lowest BCUT2D eigenvalue weighted by Gasteiger charge is -2.17. The Morgan fingerprint density at radius 3 is 2.41 bits per heavy atom. The summed E-state index contributed by atoms with van der Waals surface area (Å²) in [6, 6.07) is 6.77. The average Bonchev–Trinajstić information content (AvgIpc) is 3.37. The Morgan fingerprint density at radius 2 is 1.76 bits per heavy atom. The van der Waals surface area contributed by atoms with E-state index in [2.05, 4.69) is 10.3 Å². The molecule has 4 rings (SSSR count). The van der Waals surface area contributed by atoms with E-state index in [1.165, 1.54) is 12.1 Å². The number of hydrogen-bond donors (Lipinski definition) is 2. The molecule has 0 bridgehead atoms. The fourth-order valence-electron chi connectivity index (χ4n) is 3.41. The maximum atomic E-state index is 12.4. The van der Waals surface area contributed by atoms with Crippen LogP contribution >= 0.6 is 0 Å². The highest BCUT2D eigenvalue weighted by molar-refractivity contribution is 7.86. The number of benzene rings is 1. The number of aromatic carboxylic acids is 2. The number of ether oxygens (including phenoxy) is 2. The molecule has 2 aromatic rings. The van der Waals surface area contributed by atoms with E-state index < -0.39 is 57.8 Å². The van der Waals surface area contributed by atoms with Crippen LogP contribution in [0.3, 0.4) is 0 Å². The van der Waals surface area contributed by atoms with E-state index in [0.29, 0.717) is 0 Å². The zero-order valence-corrected chi connectivity index (χ0v) is 15.4. The highest BCUT2D eigenvalue weighted by atomic mass is 32.2. The second-order valence-electron chi connectivity index (χ2n) is 6.41. The van der Waals surface area contributed by atoms with E-state index >= 15 is 0 Å². The van der Waals surface area contributed by atoms with Gasteiger partial charge in [0.2, 0.25) is 5.69 Å². The van der Waals surface area contributed by atoms with Crippen LogP contribution in [0.1, 0.15) is 27.0 Å². The van der Waals surface area contributed by atoms with Gasteiger partial charge in [-0.1, -0.05) is 23.4 Å². The van der Waals surface area contributed by atoms with Crippen molar-refractivity contribution in [3.05, 3.63) is 41.7 Å². The third-order valence-electron chi connectivity index (χ3n) is 4.68. The molecule has 3 heterocycles. The summed E-state index contributed by atoms with van der Waals surface area (Å²) in [4.78, 5) is 22.7. The normalized spacial score (nSPS) is 26.3. The van der Waals surface area contributed by atoms with Crippen molar-refractivity contribution in [1.29, 1.82) is 0 Å². The monoisotopic (exact) mass is 425 g/mol. The fourth-order valence-corrected chi connectivity index (χ4v) is 4.50. The van der Waals surface area contributed by atoms with Gasteiger partial charge in [-0.25, -0.2) is 14.3 Å². The van der Waals surface area contributed by atoms with Gasteiger partial charge in [0, 0.05) is 0 Å². The van der Waals surface area contributed by atoms with E-state index in [1.54, 1.807) is 18.2 Å². The van der Waals surface area contributed by atoms with Crippen molar-refractivity contribution in [2.45, 2.75) is 29.2 Å². The molecule has 1 aromatic heterocycles. The number of hydrogen-bond acceptors (Lipinski definition) is 9. The van der Waals surface area contributed by atoms with Crippen LogP contribution in [-0.2, 0) is 23.8 Å². The second kappa shape index (κ2) is 7.18. The van der Waals surface area contributed by atoms with E-state index in [9.17, 15) is 23.1 Å². The molecular formula is C16H15N3O9S. The molecule has 2 aliphatic heterocycles. The van der Waals surface area contributed by atoms with Crippen LogP contribution in [0.25, 0.3) is 0 Å². The van der Waals surface area contributed by atoms with Gasteiger partial charge in [0.1, 0.15) is 24.4 Å². The molecule has 4 atom stereocenters. The number of aromatic nitrogens is 3. The Kier molecular flexibility index (Phi) is 4.82. The third kappa shape index (κ3) is 3.37. The summed E-state index contributed by atoms with van der Waals surface area (Å²) >= 11 is 0. The van der Waals surface area contributed by atoms with Crippen LogP contribution in [-0.4, -0.2) is 77.1 Å². The van der Waals surface area contributed by atoms with E-state index in [-0.39, 0.29) is 18.1 Å². The Balaban J connectivity index is 1.56. The number of fused-ring (bicyclic) bond motifs is 1. The lowest BCUT2D eigenvalue weighted by atomic mass is 10.1. The molecule has 0 spiro atoms. The van der Waals surface area contributed by atoms with Crippen molar-refractivity contribution < 1.29 is 41.9 Å². The van der Waals surface area contributed by atoms with Crippen LogP contribution in [0.2, 0.25) is 0 Å². The third-order valence-corrected chi connectivity index (χ3v) is 6.03. The van der Waals surface area contributed by atoms with Crippen molar-refractivity contribution >= 4 is 22.1 Å². The number of rotatable bonds is 6. The number of carbonyl (C=O) groups is 2. The first-order valence-corrected chi connectivity index (χ1v) is 9.83. The van der Waals surface area contributed by atoms with E-state index in [0.717, 1.165) is 4.68 Å². The van der Waals surface area contributed by atoms with E-state index in [4.69, 9.17) is 18.8 Å².